The Kier molecular flexibility index (Phi) is 5.47. The number of hydrogen-bond acceptors (Lipinski definition) is 2. The number of amides is 2. The van der Waals surface area contributed by atoms with E-state index in [0.29, 0.717) is 12.1 Å². The van der Waals surface area contributed by atoms with Gasteiger partial charge in [-0.2, -0.15) is 0 Å². The third kappa shape index (κ3) is 4.24. The summed E-state index contributed by atoms with van der Waals surface area (Å²) in [5.41, 5.74) is 4.47. The molecule has 1 atom stereocenters. The van der Waals surface area contributed by atoms with Crippen molar-refractivity contribution in [2.24, 2.45) is 0 Å². The van der Waals surface area contributed by atoms with E-state index in [1.807, 2.05) is 36.1 Å². The van der Waals surface area contributed by atoms with E-state index in [0.717, 1.165) is 48.1 Å². The van der Waals surface area contributed by atoms with Gasteiger partial charge < -0.3 is 10.2 Å². The van der Waals surface area contributed by atoms with E-state index in [1.165, 1.54) is 12.1 Å². The summed E-state index contributed by atoms with van der Waals surface area (Å²) >= 11 is 0. The predicted octanol–water partition coefficient (Wildman–Crippen LogP) is 4.74. The second kappa shape index (κ2) is 8.19. The molecule has 1 saturated carbocycles. The van der Waals surface area contributed by atoms with Crippen molar-refractivity contribution in [3.05, 3.63) is 76.6 Å². The van der Waals surface area contributed by atoms with Crippen LogP contribution in [-0.2, 0) is 16.1 Å². The monoisotopic (exact) mass is 392 g/mol. The highest BCUT2D eigenvalue weighted by molar-refractivity contribution is 6.04. The summed E-state index contributed by atoms with van der Waals surface area (Å²) in [6.07, 6.45) is 4.00. The molecule has 2 aliphatic rings. The van der Waals surface area contributed by atoms with Crippen molar-refractivity contribution >= 4 is 17.5 Å². The van der Waals surface area contributed by atoms with Crippen molar-refractivity contribution in [1.29, 1.82) is 0 Å². The van der Waals surface area contributed by atoms with E-state index in [-0.39, 0.29) is 30.1 Å². The number of anilines is 1. The molecule has 5 heteroatoms. The molecular weight excluding hydrogens is 367 g/mol. The quantitative estimate of drug-likeness (QED) is 0.799. The summed E-state index contributed by atoms with van der Waals surface area (Å²) in [5.74, 6) is -0.512. The number of aryl methyl sites for hydroxylation is 1. The zero-order valence-electron chi connectivity index (χ0n) is 16.6. The third-order valence-electron chi connectivity index (χ3n) is 5.76. The first-order valence-corrected chi connectivity index (χ1v) is 10.1. The number of carbonyl (C=O) groups is 2. The molecule has 4 nitrogen and oxygen atoms in total. The van der Waals surface area contributed by atoms with Crippen LogP contribution in [0.25, 0.3) is 0 Å². The summed E-state index contributed by atoms with van der Waals surface area (Å²) in [6, 6.07) is 14.0. The molecule has 0 bridgehead atoms. The minimum atomic E-state index is -0.286. The summed E-state index contributed by atoms with van der Waals surface area (Å²) in [6.45, 7) is 2.41. The fraction of sp³-hybridized carbons (Fsp3) is 0.333. The maximum atomic E-state index is 13.2. The molecule has 150 valence electrons. The van der Waals surface area contributed by atoms with Gasteiger partial charge in [0.2, 0.25) is 5.91 Å². The summed E-state index contributed by atoms with van der Waals surface area (Å²) in [4.78, 5) is 27.7. The maximum Gasteiger partial charge on any atom is 0.251 e. The molecule has 0 radical (unpaired) electrons. The van der Waals surface area contributed by atoms with E-state index in [2.05, 4.69) is 5.32 Å². The van der Waals surface area contributed by atoms with E-state index < -0.39 is 0 Å². The molecule has 1 fully saturated rings. The van der Waals surface area contributed by atoms with E-state index >= 15 is 0 Å². The highest BCUT2D eigenvalue weighted by Gasteiger charge is 2.40. The molecule has 1 unspecified atom stereocenters. The number of nitrogens with zero attached hydrogens (tertiary/aromatic N) is 1. The average molecular weight is 392 g/mol. The van der Waals surface area contributed by atoms with Gasteiger partial charge in [0, 0.05) is 17.8 Å². The van der Waals surface area contributed by atoms with Gasteiger partial charge in [-0.1, -0.05) is 30.7 Å². The van der Waals surface area contributed by atoms with Crippen LogP contribution in [0, 0.1) is 12.7 Å². The van der Waals surface area contributed by atoms with Gasteiger partial charge in [0.15, 0.2) is 0 Å². The number of nitrogens with one attached hydrogen (secondary N) is 1. The Labute approximate surface area is 170 Å². The van der Waals surface area contributed by atoms with E-state index in [1.54, 1.807) is 12.1 Å². The number of carbonyl (C=O) groups excluding carboxylic acids is 2. The number of hydrogen-bond donors (Lipinski definition) is 1. The zero-order chi connectivity index (χ0) is 20.4. The third-order valence-corrected chi connectivity index (χ3v) is 5.76. The van der Waals surface area contributed by atoms with Crippen LogP contribution in [-0.4, -0.2) is 22.8 Å². The smallest absolute Gasteiger partial charge is 0.251 e. The highest BCUT2D eigenvalue weighted by Crippen LogP contribution is 2.38. The summed E-state index contributed by atoms with van der Waals surface area (Å²) in [7, 11) is 0. The van der Waals surface area contributed by atoms with Gasteiger partial charge in [-0.15, -0.1) is 0 Å². The molecule has 0 aromatic heterocycles. The van der Waals surface area contributed by atoms with Gasteiger partial charge in [0.25, 0.3) is 5.91 Å². The first-order valence-electron chi connectivity index (χ1n) is 10.1. The van der Waals surface area contributed by atoms with Crippen LogP contribution in [0.5, 0.6) is 0 Å². The first-order chi connectivity index (χ1) is 14.0. The Hall–Kier alpha value is -2.95. The molecule has 0 saturated heterocycles. The van der Waals surface area contributed by atoms with Gasteiger partial charge in [0.05, 0.1) is 12.5 Å². The maximum absolute atomic E-state index is 13.2. The lowest BCUT2D eigenvalue weighted by molar-refractivity contribution is -0.129. The standard InChI is InChI=1S/C24H25FN2O2/c1-16-5-4-6-19(13-16)26-23(28)14-21-20-7-2-3-8-22(20)27(24(21)29)15-17-9-11-18(25)12-10-17/h4-6,9-13,22H,2-3,7-8,14-15H2,1H3,(H,26,28). The van der Waals surface area contributed by atoms with Gasteiger partial charge in [-0.3, -0.25) is 9.59 Å². The first kappa shape index (κ1) is 19.4. The Morgan fingerprint density at radius 1 is 1.17 bits per heavy atom. The van der Waals surface area contributed by atoms with Crippen molar-refractivity contribution in [2.45, 2.75) is 51.6 Å². The van der Waals surface area contributed by atoms with Gasteiger partial charge in [-0.25, -0.2) is 4.39 Å². The number of benzene rings is 2. The minimum absolute atomic E-state index is 0.0584. The summed E-state index contributed by atoms with van der Waals surface area (Å²) in [5, 5.41) is 2.91. The minimum Gasteiger partial charge on any atom is -0.328 e. The van der Waals surface area contributed by atoms with Crippen LogP contribution in [0.15, 0.2) is 59.7 Å². The van der Waals surface area contributed by atoms with Crippen LogP contribution in [0.2, 0.25) is 0 Å². The topological polar surface area (TPSA) is 49.4 Å². The van der Waals surface area contributed by atoms with E-state index in [9.17, 15) is 14.0 Å². The summed E-state index contributed by atoms with van der Waals surface area (Å²) < 4.78 is 13.2. The normalized spacial score (nSPS) is 18.8. The molecule has 1 heterocycles. The molecule has 2 amide bonds. The fourth-order valence-corrected chi connectivity index (χ4v) is 4.39. The van der Waals surface area contributed by atoms with Crippen molar-refractivity contribution in [2.75, 3.05) is 5.32 Å². The zero-order valence-corrected chi connectivity index (χ0v) is 16.6. The number of halogens is 1. The Morgan fingerprint density at radius 3 is 2.72 bits per heavy atom. The molecule has 1 aliphatic carbocycles. The van der Waals surface area contributed by atoms with Gasteiger partial charge >= 0.3 is 0 Å². The molecule has 2 aromatic rings. The lowest BCUT2D eigenvalue weighted by Gasteiger charge is -2.30. The number of rotatable bonds is 5. The second-order valence-electron chi connectivity index (χ2n) is 7.92. The van der Waals surface area contributed by atoms with Crippen molar-refractivity contribution in [3.8, 4) is 0 Å². The molecule has 0 spiro atoms. The molecular formula is C24H25FN2O2. The Bertz CT molecular complexity index is 965. The molecule has 1 N–H and O–H groups in total. The molecule has 4 rings (SSSR count). The SMILES string of the molecule is Cc1cccc(NC(=O)CC2=C3CCCCC3N(Cc3ccc(F)cc3)C2=O)c1. The lowest BCUT2D eigenvalue weighted by atomic mass is 9.88. The molecule has 29 heavy (non-hydrogen) atoms. The average Bonchev–Trinajstić information content (AvgIpc) is 2.95. The van der Waals surface area contributed by atoms with Gasteiger partial charge in [0.1, 0.15) is 5.82 Å². The predicted molar refractivity (Wildman–Crippen MR) is 111 cm³/mol. The van der Waals surface area contributed by atoms with Crippen molar-refractivity contribution < 1.29 is 14.0 Å². The Balaban J connectivity index is 1.51. The van der Waals surface area contributed by atoms with Crippen molar-refractivity contribution in [3.63, 3.8) is 0 Å². The largest absolute Gasteiger partial charge is 0.328 e. The van der Waals surface area contributed by atoms with Crippen LogP contribution >= 0.6 is 0 Å². The van der Waals surface area contributed by atoms with Crippen LogP contribution < -0.4 is 5.32 Å². The van der Waals surface area contributed by atoms with E-state index in [4.69, 9.17) is 0 Å². The lowest BCUT2D eigenvalue weighted by Crippen LogP contribution is -2.36. The van der Waals surface area contributed by atoms with Crippen LogP contribution in [0.1, 0.15) is 43.2 Å². The van der Waals surface area contributed by atoms with Crippen LogP contribution in [0.3, 0.4) is 0 Å². The molecule has 2 aromatic carbocycles. The molecule has 1 aliphatic heterocycles. The van der Waals surface area contributed by atoms with Gasteiger partial charge in [-0.05, 0) is 67.2 Å². The Morgan fingerprint density at radius 2 is 1.97 bits per heavy atom. The highest BCUT2D eigenvalue weighted by atomic mass is 19.1. The van der Waals surface area contributed by atoms with Crippen LogP contribution in [0.4, 0.5) is 10.1 Å². The second-order valence-corrected chi connectivity index (χ2v) is 7.92. The fourth-order valence-electron chi connectivity index (χ4n) is 4.39. The van der Waals surface area contributed by atoms with Crippen molar-refractivity contribution in [1.82, 2.24) is 4.90 Å². The number of fused-ring (bicyclic) bond motifs is 1.